The Kier molecular flexibility index (Phi) is 5.12. The van der Waals surface area contributed by atoms with Crippen LogP contribution in [-0.2, 0) is 23.0 Å². The van der Waals surface area contributed by atoms with Crippen molar-refractivity contribution in [2.45, 2.75) is 11.6 Å². The van der Waals surface area contributed by atoms with E-state index >= 15 is 0 Å². The van der Waals surface area contributed by atoms with Gasteiger partial charge in [0.05, 0.1) is 19.0 Å². The third-order valence-corrected chi connectivity index (χ3v) is 5.41. The molecule has 0 atom stereocenters. The first-order valence-corrected chi connectivity index (χ1v) is 8.99. The van der Waals surface area contributed by atoms with Gasteiger partial charge < -0.3 is 14.2 Å². The Labute approximate surface area is 137 Å². The highest BCUT2D eigenvalue weighted by molar-refractivity contribution is 7.99. The molecule has 6 nitrogen and oxygen atoms in total. The van der Waals surface area contributed by atoms with Crippen LogP contribution >= 0.6 is 23.1 Å². The number of nitrogens with zero attached hydrogens (tertiary/aromatic N) is 4. The highest BCUT2D eigenvalue weighted by atomic mass is 32.2. The maximum Gasteiger partial charge on any atom is 0.233 e. The second-order valence-corrected chi connectivity index (χ2v) is 6.97. The van der Waals surface area contributed by atoms with Crippen LogP contribution in [0.2, 0.25) is 0 Å². The SMILES string of the molecule is Cn1c(Cc2cccs2)nnc1SCC(=O)N1CCOCC1. The van der Waals surface area contributed by atoms with E-state index in [0.717, 1.165) is 17.4 Å². The number of morpholine rings is 1. The number of aromatic nitrogens is 3. The molecule has 8 heteroatoms. The molecule has 1 fully saturated rings. The molecule has 2 aromatic heterocycles. The minimum Gasteiger partial charge on any atom is -0.378 e. The van der Waals surface area contributed by atoms with Crippen molar-refractivity contribution in [3.8, 4) is 0 Å². The summed E-state index contributed by atoms with van der Waals surface area (Å²) in [5.41, 5.74) is 0. The van der Waals surface area contributed by atoms with Gasteiger partial charge in [-0.3, -0.25) is 4.79 Å². The summed E-state index contributed by atoms with van der Waals surface area (Å²) in [4.78, 5) is 15.2. The Morgan fingerprint density at radius 3 is 2.95 bits per heavy atom. The van der Waals surface area contributed by atoms with Crippen LogP contribution in [0.1, 0.15) is 10.7 Å². The van der Waals surface area contributed by atoms with Crippen molar-refractivity contribution in [1.29, 1.82) is 0 Å². The van der Waals surface area contributed by atoms with Crippen molar-refractivity contribution in [1.82, 2.24) is 19.7 Å². The first-order valence-electron chi connectivity index (χ1n) is 7.13. The van der Waals surface area contributed by atoms with Crippen LogP contribution < -0.4 is 0 Å². The number of amides is 1. The van der Waals surface area contributed by atoms with Gasteiger partial charge in [0.1, 0.15) is 5.82 Å². The average molecular weight is 338 g/mol. The molecule has 0 aromatic carbocycles. The number of hydrogen-bond acceptors (Lipinski definition) is 6. The third kappa shape index (κ3) is 3.68. The van der Waals surface area contributed by atoms with E-state index < -0.39 is 0 Å². The topological polar surface area (TPSA) is 60.2 Å². The van der Waals surface area contributed by atoms with Crippen LogP contribution in [0.5, 0.6) is 0 Å². The first kappa shape index (κ1) is 15.5. The minimum absolute atomic E-state index is 0.135. The largest absolute Gasteiger partial charge is 0.378 e. The number of rotatable bonds is 5. The molecular formula is C14H18N4O2S2. The van der Waals surface area contributed by atoms with Gasteiger partial charge >= 0.3 is 0 Å². The van der Waals surface area contributed by atoms with Crippen LogP contribution in [0.3, 0.4) is 0 Å². The van der Waals surface area contributed by atoms with Gasteiger partial charge in [-0.2, -0.15) is 0 Å². The molecule has 0 bridgehead atoms. The molecular weight excluding hydrogens is 320 g/mol. The highest BCUT2D eigenvalue weighted by Crippen LogP contribution is 2.19. The third-order valence-electron chi connectivity index (χ3n) is 3.53. The number of thioether (sulfide) groups is 1. The summed E-state index contributed by atoms with van der Waals surface area (Å²) in [7, 11) is 1.95. The quantitative estimate of drug-likeness (QED) is 0.772. The second-order valence-electron chi connectivity index (χ2n) is 5.00. The van der Waals surface area contributed by atoms with E-state index in [2.05, 4.69) is 21.6 Å². The van der Waals surface area contributed by atoms with E-state index in [1.165, 1.54) is 16.6 Å². The lowest BCUT2D eigenvalue weighted by atomic mass is 10.3. The Morgan fingerprint density at radius 2 is 2.23 bits per heavy atom. The smallest absolute Gasteiger partial charge is 0.233 e. The van der Waals surface area contributed by atoms with Crippen LogP contribution in [0.4, 0.5) is 0 Å². The van der Waals surface area contributed by atoms with Crippen LogP contribution in [0.15, 0.2) is 22.7 Å². The van der Waals surface area contributed by atoms with Gasteiger partial charge in [0.25, 0.3) is 0 Å². The summed E-state index contributed by atoms with van der Waals surface area (Å²) in [5.74, 6) is 1.45. The fourth-order valence-corrected chi connectivity index (χ4v) is 3.76. The number of thiophene rings is 1. The molecule has 0 aliphatic carbocycles. The summed E-state index contributed by atoms with van der Waals surface area (Å²) in [5, 5.41) is 11.3. The lowest BCUT2D eigenvalue weighted by Crippen LogP contribution is -2.41. The van der Waals surface area contributed by atoms with Gasteiger partial charge in [-0.15, -0.1) is 21.5 Å². The van der Waals surface area contributed by atoms with Crippen molar-refractivity contribution in [3.63, 3.8) is 0 Å². The second kappa shape index (κ2) is 7.26. The van der Waals surface area contributed by atoms with Crippen molar-refractivity contribution in [2.24, 2.45) is 7.05 Å². The zero-order valence-electron chi connectivity index (χ0n) is 12.4. The van der Waals surface area contributed by atoms with Gasteiger partial charge in [-0.1, -0.05) is 17.8 Å². The zero-order valence-corrected chi connectivity index (χ0v) is 14.0. The van der Waals surface area contributed by atoms with Crippen LogP contribution in [-0.4, -0.2) is 57.6 Å². The van der Waals surface area contributed by atoms with E-state index in [4.69, 9.17) is 4.74 Å². The maximum atomic E-state index is 12.1. The van der Waals surface area contributed by atoms with E-state index in [1.807, 2.05) is 22.6 Å². The number of hydrogen-bond donors (Lipinski definition) is 0. The van der Waals surface area contributed by atoms with Gasteiger partial charge in [-0.05, 0) is 11.4 Å². The molecule has 0 radical (unpaired) electrons. The lowest BCUT2D eigenvalue weighted by molar-refractivity contribution is -0.132. The molecule has 2 aromatic rings. The van der Waals surface area contributed by atoms with E-state index in [1.54, 1.807) is 11.3 Å². The molecule has 0 spiro atoms. The predicted octanol–water partition coefficient (Wildman–Crippen LogP) is 1.42. The summed E-state index contributed by atoms with van der Waals surface area (Å²) < 4.78 is 7.23. The molecule has 1 saturated heterocycles. The first-order chi connectivity index (χ1) is 10.7. The average Bonchev–Trinajstić information content (AvgIpc) is 3.18. The molecule has 118 valence electrons. The summed E-state index contributed by atoms with van der Waals surface area (Å²) in [6.07, 6.45) is 0.777. The number of carbonyl (C=O) groups is 1. The molecule has 1 aliphatic heterocycles. The van der Waals surface area contributed by atoms with E-state index in [-0.39, 0.29) is 5.91 Å². The Balaban J connectivity index is 1.56. The normalized spacial score (nSPS) is 15.2. The fourth-order valence-electron chi connectivity index (χ4n) is 2.22. The Morgan fingerprint density at radius 1 is 1.41 bits per heavy atom. The Bertz CT molecular complexity index is 621. The summed E-state index contributed by atoms with van der Waals surface area (Å²) in [6, 6.07) is 4.13. The molecule has 0 saturated carbocycles. The number of carbonyl (C=O) groups excluding carboxylic acids is 1. The molecule has 1 amide bonds. The van der Waals surface area contributed by atoms with Crippen molar-refractivity contribution < 1.29 is 9.53 Å². The molecule has 0 N–H and O–H groups in total. The lowest BCUT2D eigenvalue weighted by Gasteiger charge is -2.26. The highest BCUT2D eigenvalue weighted by Gasteiger charge is 2.18. The van der Waals surface area contributed by atoms with Crippen molar-refractivity contribution >= 4 is 29.0 Å². The number of ether oxygens (including phenoxy) is 1. The van der Waals surface area contributed by atoms with E-state index in [9.17, 15) is 4.79 Å². The predicted molar refractivity (Wildman–Crippen MR) is 86.3 cm³/mol. The fraction of sp³-hybridized carbons (Fsp3) is 0.500. The van der Waals surface area contributed by atoms with Gasteiger partial charge in [0.2, 0.25) is 5.91 Å². The van der Waals surface area contributed by atoms with Crippen LogP contribution in [0.25, 0.3) is 0 Å². The standard InChI is InChI=1S/C14H18N4O2S2/c1-17-12(9-11-3-2-8-21-11)15-16-14(17)22-10-13(19)18-4-6-20-7-5-18/h2-3,8H,4-7,9-10H2,1H3. The molecule has 3 heterocycles. The van der Waals surface area contributed by atoms with Crippen molar-refractivity contribution in [3.05, 3.63) is 28.2 Å². The summed E-state index contributed by atoms with van der Waals surface area (Å²) in [6.45, 7) is 2.63. The maximum absolute atomic E-state index is 12.1. The molecule has 0 unspecified atom stereocenters. The van der Waals surface area contributed by atoms with Crippen molar-refractivity contribution in [2.75, 3.05) is 32.1 Å². The Hall–Kier alpha value is -1.38. The van der Waals surface area contributed by atoms with E-state index in [0.29, 0.717) is 32.1 Å². The zero-order chi connectivity index (χ0) is 15.4. The molecule has 22 heavy (non-hydrogen) atoms. The van der Waals surface area contributed by atoms with Gasteiger partial charge in [0.15, 0.2) is 5.16 Å². The minimum atomic E-state index is 0.135. The molecule has 3 rings (SSSR count). The molecule has 1 aliphatic rings. The van der Waals surface area contributed by atoms with Crippen LogP contribution in [0, 0.1) is 0 Å². The van der Waals surface area contributed by atoms with Gasteiger partial charge in [-0.25, -0.2) is 0 Å². The van der Waals surface area contributed by atoms with Gasteiger partial charge in [0, 0.05) is 31.4 Å². The summed E-state index contributed by atoms with van der Waals surface area (Å²) >= 11 is 3.16. The monoisotopic (exact) mass is 338 g/mol.